The van der Waals surface area contributed by atoms with Crippen LogP contribution in [0.25, 0.3) is 0 Å². The van der Waals surface area contributed by atoms with Crippen LogP contribution >= 0.6 is 0 Å². The van der Waals surface area contributed by atoms with E-state index in [0.29, 0.717) is 11.5 Å². The predicted molar refractivity (Wildman–Crippen MR) is 45.1 cm³/mol. The maximum Gasteiger partial charge on any atom is 0.189 e. The zero-order chi connectivity index (χ0) is 8.97. The first-order valence-electron chi connectivity index (χ1n) is 3.38. The van der Waals surface area contributed by atoms with Gasteiger partial charge in [0.25, 0.3) is 0 Å². The van der Waals surface area contributed by atoms with E-state index < -0.39 is 0 Å². The first-order valence-corrected chi connectivity index (χ1v) is 3.38. The van der Waals surface area contributed by atoms with E-state index in [4.69, 9.17) is 5.26 Å². The zero-order valence-electron chi connectivity index (χ0n) is 6.94. The van der Waals surface area contributed by atoms with E-state index in [0.717, 1.165) is 0 Å². The second kappa shape index (κ2) is 3.53. The first-order chi connectivity index (χ1) is 5.74. The third-order valence-electron chi connectivity index (χ3n) is 1.14. The lowest BCUT2D eigenvalue weighted by molar-refractivity contribution is 0.643. The molecule has 0 radical (unpaired) electrons. The molecular formula is C7H9N5. The summed E-state index contributed by atoms with van der Waals surface area (Å²) in [5.41, 5.74) is 0.383. The molecule has 5 heteroatoms. The maximum absolute atomic E-state index is 8.56. The van der Waals surface area contributed by atoms with Crippen LogP contribution in [0.15, 0.2) is 11.3 Å². The normalized spacial score (nSPS) is 10.1. The van der Waals surface area contributed by atoms with Crippen LogP contribution in [-0.4, -0.2) is 35.3 Å². The summed E-state index contributed by atoms with van der Waals surface area (Å²) >= 11 is 0. The number of aliphatic imine (C=N–C) groups is 1. The van der Waals surface area contributed by atoms with Crippen LogP contribution in [0.3, 0.4) is 0 Å². The molecule has 1 aromatic heterocycles. The molecule has 62 valence electrons. The highest BCUT2D eigenvalue weighted by atomic mass is 15.1. The summed E-state index contributed by atoms with van der Waals surface area (Å²) in [6.45, 7) is 0. The van der Waals surface area contributed by atoms with Crippen molar-refractivity contribution in [2.45, 2.75) is 0 Å². The Balaban J connectivity index is 2.83. The summed E-state index contributed by atoms with van der Waals surface area (Å²) < 4.78 is 0. The van der Waals surface area contributed by atoms with Crippen LogP contribution in [0.5, 0.6) is 0 Å². The number of nitriles is 1. The molecule has 0 atom stereocenters. The van der Waals surface area contributed by atoms with Gasteiger partial charge < -0.3 is 9.88 Å². The summed E-state index contributed by atoms with van der Waals surface area (Å²) in [5, 5.41) is 8.56. The van der Waals surface area contributed by atoms with Crippen LogP contribution < -0.4 is 0 Å². The van der Waals surface area contributed by atoms with E-state index in [1.807, 2.05) is 20.2 Å². The fourth-order valence-corrected chi connectivity index (χ4v) is 0.637. The Morgan fingerprint density at radius 2 is 2.50 bits per heavy atom. The van der Waals surface area contributed by atoms with E-state index >= 15 is 0 Å². The Hall–Kier alpha value is -1.83. The summed E-state index contributed by atoms with van der Waals surface area (Å²) in [4.78, 5) is 12.3. The smallest absolute Gasteiger partial charge is 0.189 e. The molecule has 0 spiro atoms. The molecule has 0 aliphatic carbocycles. The number of hydrogen-bond acceptors (Lipinski definition) is 3. The van der Waals surface area contributed by atoms with Gasteiger partial charge >= 0.3 is 0 Å². The molecule has 0 aliphatic heterocycles. The van der Waals surface area contributed by atoms with Gasteiger partial charge in [0.15, 0.2) is 11.5 Å². The Morgan fingerprint density at radius 3 is 3.08 bits per heavy atom. The van der Waals surface area contributed by atoms with Crippen molar-refractivity contribution in [1.82, 2.24) is 14.9 Å². The number of nitrogens with one attached hydrogen (secondary N) is 1. The molecule has 0 bridgehead atoms. The van der Waals surface area contributed by atoms with Gasteiger partial charge in [-0.3, -0.25) is 0 Å². The molecule has 0 fully saturated rings. The highest BCUT2D eigenvalue weighted by Crippen LogP contribution is 2.10. The highest BCUT2D eigenvalue weighted by molar-refractivity contribution is 5.61. The van der Waals surface area contributed by atoms with Gasteiger partial charge in [0, 0.05) is 14.1 Å². The first kappa shape index (κ1) is 8.27. The predicted octanol–water partition coefficient (Wildman–Crippen LogP) is 0.503. The Kier molecular flexibility index (Phi) is 2.43. The van der Waals surface area contributed by atoms with E-state index in [1.165, 1.54) is 6.33 Å². The molecule has 0 unspecified atom stereocenters. The molecule has 0 saturated carbocycles. The van der Waals surface area contributed by atoms with Gasteiger partial charge in [-0.25, -0.2) is 9.98 Å². The van der Waals surface area contributed by atoms with Gasteiger partial charge in [-0.05, 0) is 0 Å². The largest absolute Gasteiger partial charge is 0.369 e. The van der Waals surface area contributed by atoms with Crippen molar-refractivity contribution in [3.8, 4) is 6.07 Å². The van der Waals surface area contributed by atoms with Crippen LogP contribution in [0.1, 0.15) is 5.69 Å². The Labute approximate surface area is 70.4 Å². The molecule has 1 heterocycles. The van der Waals surface area contributed by atoms with E-state index in [1.54, 1.807) is 11.2 Å². The van der Waals surface area contributed by atoms with Crippen molar-refractivity contribution in [3.05, 3.63) is 12.0 Å². The SMILES string of the molecule is CN(C)C=Nc1nc[nH]c1C#N. The number of imidazole rings is 1. The van der Waals surface area contributed by atoms with Crippen molar-refractivity contribution in [2.24, 2.45) is 4.99 Å². The summed E-state index contributed by atoms with van der Waals surface area (Å²) in [7, 11) is 3.70. The molecular weight excluding hydrogens is 154 g/mol. The second-order valence-electron chi connectivity index (χ2n) is 2.42. The molecule has 5 nitrogen and oxygen atoms in total. The number of aromatic amines is 1. The average molecular weight is 163 g/mol. The monoisotopic (exact) mass is 163 g/mol. The fourth-order valence-electron chi connectivity index (χ4n) is 0.637. The van der Waals surface area contributed by atoms with Gasteiger partial charge in [-0.15, -0.1) is 0 Å². The van der Waals surface area contributed by atoms with Gasteiger partial charge in [-0.2, -0.15) is 5.26 Å². The lowest BCUT2D eigenvalue weighted by Gasteiger charge is -2.00. The molecule has 0 aromatic carbocycles. The van der Waals surface area contributed by atoms with Crippen LogP contribution in [0.4, 0.5) is 5.82 Å². The molecule has 0 aliphatic rings. The molecule has 1 N–H and O–H groups in total. The third-order valence-corrected chi connectivity index (χ3v) is 1.14. The number of rotatable bonds is 2. The zero-order valence-corrected chi connectivity index (χ0v) is 6.94. The van der Waals surface area contributed by atoms with Crippen molar-refractivity contribution in [3.63, 3.8) is 0 Å². The number of hydrogen-bond donors (Lipinski definition) is 1. The van der Waals surface area contributed by atoms with E-state index in [9.17, 15) is 0 Å². The molecule has 12 heavy (non-hydrogen) atoms. The topological polar surface area (TPSA) is 68.1 Å². The van der Waals surface area contributed by atoms with Gasteiger partial charge in [0.1, 0.15) is 6.07 Å². The molecule has 0 saturated heterocycles. The summed E-state index contributed by atoms with van der Waals surface area (Å²) in [6.07, 6.45) is 3.04. The van der Waals surface area contributed by atoms with Crippen molar-refractivity contribution in [2.75, 3.05) is 14.1 Å². The minimum absolute atomic E-state index is 0.383. The second-order valence-corrected chi connectivity index (χ2v) is 2.42. The van der Waals surface area contributed by atoms with Gasteiger partial charge in [0.2, 0.25) is 0 Å². The number of aromatic nitrogens is 2. The van der Waals surface area contributed by atoms with Gasteiger partial charge in [-0.1, -0.05) is 0 Å². The Morgan fingerprint density at radius 1 is 1.75 bits per heavy atom. The Bertz CT molecular complexity index is 317. The molecule has 1 rings (SSSR count). The van der Waals surface area contributed by atoms with Crippen molar-refractivity contribution >= 4 is 12.2 Å². The minimum atomic E-state index is 0.383. The van der Waals surface area contributed by atoms with Crippen LogP contribution in [0, 0.1) is 11.3 Å². The van der Waals surface area contributed by atoms with Crippen molar-refractivity contribution in [1.29, 1.82) is 5.26 Å². The fraction of sp³-hybridized carbons (Fsp3) is 0.286. The van der Waals surface area contributed by atoms with Gasteiger partial charge in [0.05, 0.1) is 12.7 Å². The van der Waals surface area contributed by atoms with E-state index in [2.05, 4.69) is 15.0 Å². The minimum Gasteiger partial charge on any atom is -0.369 e. The molecule has 0 amide bonds. The quantitative estimate of drug-likeness (QED) is 0.510. The standard InChI is InChI=1S/C7H9N5/c1-12(2)5-11-7-6(3-8)9-4-10-7/h4-5H,1-2H3,(H,9,10). The number of H-pyrrole nitrogens is 1. The lowest BCUT2D eigenvalue weighted by Crippen LogP contribution is -2.07. The van der Waals surface area contributed by atoms with E-state index in [-0.39, 0.29) is 0 Å². The third kappa shape index (κ3) is 1.83. The highest BCUT2D eigenvalue weighted by Gasteiger charge is 2.00. The lowest BCUT2D eigenvalue weighted by atomic mass is 10.5. The van der Waals surface area contributed by atoms with Crippen LogP contribution in [-0.2, 0) is 0 Å². The number of nitrogens with zero attached hydrogens (tertiary/aromatic N) is 4. The summed E-state index contributed by atoms with van der Waals surface area (Å²) in [5.74, 6) is 0.422. The molecule has 1 aromatic rings. The maximum atomic E-state index is 8.56. The van der Waals surface area contributed by atoms with Crippen molar-refractivity contribution < 1.29 is 0 Å². The summed E-state index contributed by atoms with van der Waals surface area (Å²) in [6, 6.07) is 1.95. The van der Waals surface area contributed by atoms with Crippen LogP contribution in [0.2, 0.25) is 0 Å². The average Bonchev–Trinajstić information content (AvgIpc) is 2.47.